The molecule has 0 aliphatic carbocycles. The minimum Gasteiger partial charge on any atom is -0.489 e. The first-order valence-corrected chi connectivity index (χ1v) is 22.6. The van der Waals surface area contributed by atoms with Crippen LogP contribution in [0, 0.1) is 13.8 Å². The fourth-order valence-electron chi connectivity index (χ4n) is 9.25. The molecule has 13 nitrogen and oxygen atoms in total. The zero-order valence-corrected chi connectivity index (χ0v) is 38.0. The predicted molar refractivity (Wildman–Crippen MR) is 259 cm³/mol. The second kappa shape index (κ2) is 20.2. The third-order valence-corrected chi connectivity index (χ3v) is 12.5. The number of aliphatic carboxylic acids is 1. The summed E-state index contributed by atoms with van der Waals surface area (Å²) >= 11 is 0. The smallest absolute Gasteiger partial charge is 0.305 e. The van der Waals surface area contributed by atoms with Crippen LogP contribution in [0.1, 0.15) is 90.4 Å². The van der Waals surface area contributed by atoms with Crippen molar-refractivity contribution >= 4 is 45.5 Å². The van der Waals surface area contributed by atoms with E-state index >= 15 is 0 Å². The second-order valence-corrected chi connectivity index (χ2v) is 17.1. The Bertz CT molecular complexity index is 3210. The number of benzene rings is 6. The zero-order valence-electron chi connectivity index (χ0n) is 38.0. The SMILES string of the molecule is Cc1cc(COc2ccc(C(=O)N3Cc4ccccc4C3CC(=O)NO)cc2)c2ccccc2n1.Cc1cc(COc2ccc(C(=O)N3Cc4ccccc4C3CC(=O)O)cc2)c2ccccc2n1. The van der Waals surface area contributed by atoms with Gasteiger partial charge in [-0.25, -0.2) is 5.48 Å². The Morgan fingerprint density at radius 1 is 0.565 bits per heavy atom. The van der Waals surface area contributed by atoms with E-state index in [2.05, 4.69) is 9.97 Å². The van der Waals surface area contributed by atoms with Crippen LogP contribution in [0.5, 0.6) is 11.5 Å². The van der Waals surface area contributed by atoms with Crippen molar-refractivity contribution in [1.82, 2.24) is 25.2 Å². The lowest BCUT2D eigenvalue weighted by Gasteiger charge is -2.25. The zero-order chi connectivity index (χ0) is 48.0. The van der Waals surface area contributed by atoms with Gasteiger partial charge in [-0.1, -0.05) is 84.9 Å². The number of fused-ring (bicyclic) bond motifs is 4. The quantitative estimate of drug-likeness (QED) is 0.0791. The highest BCUT2D eigenvalue weighted by Crippen LogP contribution is 2.39. The summed E-state index contributed by atoms with van der Waals surface area (Å²) in [6.45, 7) is 5.51. The summed E-state index contributed by atoms with van der Waals surface area (Å²) < 4.78 is 12.0. The van der Waals surface area contributed by atoms with E-state index in [4.69, 9.17) is 14.7 Å². The number of carboxylic acids is 1. The number of hydroxylamine groups is 1. The molecule has 69 heavy (non-hydrogen) atoms. The van der Waals surface area contributed by atoms with E-state index in [1.807, 2.05) is 123 Å². The molecule has 2 unspecified atom stereocenters. The van der Waals surface area contributed by atoms with Crippen LogP contribution in [0.25, 0.3) is 21.8 Å². The molecule has 2 aliphatic heterocycles. The Labute approximate surface area is 398 Å². The van der Waals surface area contributed by atoms with Gasteiger partial charge in [0.2, 0.25) is 5.91 Å². The van der Waals surface area contributed by atoms with Gasteiger partial charge in [-0.05, 0) is 109 Å². The van der Waals surface area contributed by atoms with Crippen molar-refractivity contribution in [2.75, 3.05) is 0 Å². The van der Waals surface area contributed by atoms with Gasteiger partial charge >= 0.3 is 5.97 Å². The molecule has 0 bridgehead atoms. The maximum Gasteiger partial charge on any atom is 0.305 e. The van der Waals surface area contributed by atoms with Gasteiger partial charge in [0.25, 0.3) is 11.8 Å². The number of nitrogens with one attached hydrogen (secondary N) is 1. The van der Waals surface area contributed by atoms with Crippen LogP contribution >= 0.6 is 0 Å². The van der Waals surface area contributed by atoms with Crippen LogP contribution in [0.4, 0.5) is 0 Å². The summed E-state index contributed by atoms with van der Waals surface area (Å²) in [5, 5.41) is 20.5. The van der Waals surface area contributed by atoms with Crippen LogP contribution in [-0.2, 0) is 35.9 Å². The third-order valence-electron chi connectivity index (χ3n) is 12.5. The molecular formula is C56H49N5O8. The molecule has 0 radical (unpaired) electrons. The number of pyridine rings is 2. The van der Waals surface area contributed by atoms with Gasteiger partial charge in [-0.15, -0.1) is 0 Å². The van der Waals surface area contributed by atoms with Gasteiger partial charge in [-0.3, -0.25) is 34.4 Å². The molecule has 3 amide bonds. The normalized spacial score (nSPS) is 14.7. The number of rotatable bonds is 12. The molecule has 2 aromatic heterocycles. The van der Waals surface area contributed by atoms with Crippen molar-refractivity contribution in [3.63, 3.8) is 0 Å². The van der Waals surface area contributed by atoms with E-state index in [0.29, 0.717) is 48.9 Å². The molecule has 2 aliphatic rings. The first kappa shape index (κ1) is 45.7. The lowest BCUT2D eigenvalue weighted by atomic mass is 10.0. The summed E-state index contributed by atoms with van der Waals surface area (Å²) in [6, 6.07) is 48.4. The monoisotopic (exact) mass is 919 g/mol. The number of nitrogens with zero attached hydrogens (tertiary/aromatic N) is 4. The molecule has 3 N–H and O–H groups in total. The lowest BCUT2D eigenvalue weighted by Crippen LogP contribution is -2.33. The van der Waals surface area contributed by atoms with E-state index in [0.717, 1.165) is 66.6 Å². The van der Waals surface area contributed by atoms with E-state index in [1.54, 1.807) is 63.8 Å². The maximum atomic E-state index is 13.4. The van der Waals surface area contributed by atoms with Crippen molar-refractivity contribution in [1.29, 1.82) is 0 Å². The summed E-state index contributed by atoms with van der Waals surface area (Å²) in [5.41, 5.74) is 12.3. The molecule has 346 valence electrons. The highest BCUT2D eigenvalue weighted by atomic mass is 16.5. The van der Waals surface area contributed by atoms with E-state index in [9.17, 15) is 24.3 Å². The molecule has 0 spiro atoms. The molecule has 13 heteroatoms. The second-order valence-electron chi connectivity index (χ2n) is 17.1. The fourth-order valence-corrected chi connectivity index (χ4v) is 9.25. The van der Waals surface area contributed by atoms with Crippen LogP contribution in [0.2, 0.25) is 0 Å². The Morgan fingerprint density at radius 2 is 0.971 bits per heavy atom. The molecule has 0 saturated carbocycles. The maximum absolute atomic E-state index is 13.4. The van der Waals surface area contributed by atoms with Crippen molar-refractivity contribution < 1.29 is 39.0 Å². The molecule has 0 fully saturated rings. The Morgan fingerprint density at radius 3 is 1.41 bits per heavy atom. The van der Waals surface area contributed by atoms with Crippen molar-refractivity contribution in [2.45, 2.75) is 65.1 Å². The Kier molecular flexibility index (Phi) is 13.4. The highest BCUT2D eigenvalue weighted by Gasteiger charge is 2.36. The minimum absolute atomic E-state index is 0.0141. The van der Waals surface area contributed by atoms with Crippen molar-refractivity contribution in [3.05, 3.63) is 214 Å². The number of hydrogen-bond acceptors (Lipinski definition) is 9. The number of para-hydroxylation sites is 2. The van der Waals surface area contributed by atoms with Crippen LogP contribution in [-0.4, -0.2) is 53.8 Å². The van der Waals surface area contributed by atoms with E-state index in [1.165, 1.54) is 0 Å². The number of aryl methyl sites for hydroxylation is 2. The average molecular weight is 920 g/mol. The van der Waals surface area contributed by atoms with Crippen LogP contribution < -0.4 is 15.0 Å². The molecule has 10 rings (SSSR count). The summed E-state index contributed by atoms with van der Waals surface area (Å²) in [4.78, 5) is 62.4. The molecule has 6 aromatic carbocycles. The topological polar surface area (TPSA) is 171 Å². The van der Waals surface area contributed by atoms with Gasteiger partial charge in [-0.2, -0.15) is 0 Å². The number of carbonyl (C=O) groups excluding carboxylic acids is 3. The number of carbonyl (C=O) groups is 4. The van der Waals surface area contributed by atoms with Gasteiger partial charge < -0.3 is 24.4 Å². The Balaban J connectivity index is 0.000000172. The number of aromatic nitrogens is 2. The standard InChI is InChI=1S/C28H25N3O4.C28H24N2O4/c1-18-14-21(23-7-4-5-9-25(23)29-18)17-35-22-12-10-19(11-13-22)28(33)31-16-20-6-2-3-8-24(20)26(31)15-27(32)30-34;1-18-14-21(23-7-4-5-9-25(23)29-18)17-34-22-12-10-19(11-13-22)28(33)30-16-20-6-2-3-8-24(20)26(30)15-27(31)32/h2-14,26,34H,15-17H2,1H3,(H,30,32);2-14,26H,15-17H2,1H3,(H,31,32). The number of carboxylic acid groups (broad SMARTS) is 1. The minimum atomic E-state index is -0.929. The number of ether oxygens (including phenoxy) is 2. The molecular weight excluding hydrogens is 871 g/mol. The lowest BCUT2D eigenvalue weighted by molar-refractivity contribution is -0.138. The summed E-state index contributed by atoms with van der Waals surface area (Å²) in [6.07, 6.45) is -0.136. The number of amides is 3. The molecule has 4 heterocycles. The van der Waals surface area contributed by atoms with Gasteiger partial charge in [0, 0.05) is 57.5 Å². The predicted octanol–water partition coefficient (Wildman–Crippen LogP) is 10.0. The van der Waals surface area contributed by atoms with Gasteiger partial charge in [0.05, 0.1) is 36.0 Å². The first-order chi connectivity index (χ1) is 33.5. The largest absolute Gasteiger partial charge is 0.489 e. The van der Waals surface area contributed by atoms with Gasteiger partial charge in [0.1, 0.15) is 24.7 Å². The number of hydrogen-bond donors (Lipinski definition) is 3. The molecule has 0 saturated heterocycles. The van der Waals surface area contributed by atoms with Gasteiger partial charge in [0.15, 0.2) is 0 Å². The van der Waals surface area contributed by atoms with Crippen molar-refractivity contribution in [3.8, 4) is 11.5 Å². The van der Waals surface area contributed by atoms with Crippen LogP contribution in [0.15, 0.2) is 158 Å². The third kappa shape index (κ3) is 10.1. The fraction of sp³-hybridized carbons (Fsp3) is 0.179. The van der Waals surface area contributed by atoms with Crippen molar-refractivity contribution in [2.24, 2.45) is 0 Å². The summed E-state index contributed by atoms with van der Waals surface area (Å²) in [5.74, 6) is -0.527. The van der Waals surface area contributed by atoms with Crippen LogP contribution in [0.3, 0.4) is 0 Å². The molecule has 2 atom stereocenters. The summed E-state index contributed by atoms with van der Waals surface area (Å²) in [7, 11) is 0. The van der Waals surface area contributed by atoms with E-state index < -0.39 is 24.0 Å². The van der Waals surface area contributed by atoms with E-state index in [-0.39, 0.29) is 24.7 Å². The Hall–Kier alpha value is -8.42. The average Bonchev–Trinajstić information content (AvgIpc) is 3.92. The first-order valence-electron chi connectivity index (χ1n) is 22.6. The highest BCUT2D eigenvalue weighted by molar-refractivity contribution is 5.96. The molecule has 8 aromatic rings.